The van der Waals surface area contributed by atoms with Crippen LogP contribution in [0.2, 0.25) is 0 Å². The first-order valence-electron chi connectivity index (χ1n) is 6.02. The highest BCUT2D eigenvalue weighted by molar-refractivity contribution is 5.72. The average Bonchev–Trinajstić information content (AvgIpc) is 2.27. The van der Waals surface area contributed by atoms with Crippen molar-refractivity contribution in [1.82, 2.24) is 0 Å². The molecule has 1 rings (SSSR count). The first-order valence-corrected chi connectivity index (χ1v) is 6.02. The minimum Gasteiger partial charge on any atom is -0.466 e. The van der Waals surface area contributed by atoms with Gasteiger partial charge in [0.25, 0.3) is 0 Å². The molecule has 0 aromatic heterocycles. The Morgan fingerprint density at radius 3 is 2.71 bits per heavy atom. The van der Waals surface area contributed by atoms with E-state index in [0.29, 0.717) is 13.2 Å². The number of hydrogen-bond acceptors (Lipinski definition) is 3. The van der Waals surface area contributed by atoms with Crippen LogP contribution in [0.3, 0.4) is 0 Å². The van der Waals surface area contributed by atoms with Gasteiger partial charge < -0.3 is 10.1 Å². The van der Waals surface area contributed by atoms with Crippen molar-refractivity contribution in [2.45, 2.75) is 27.7 Å². The van der Waals surface area contributed by atoms with Gasteiger partial charge in [-0.3, -0.25) is 4.79 Å². The maximum atomic E-state index is 11.4. The fourth-order valence-electron chi connectivity index (χ4n) is 1.64. The topological polar surface area (TPSA) is 38.3 Å². The number of anilines is 1. The molecule has 17 heavy (non-hydrogen) atoms. The third-order valence-corrected chi connectivity index (χ3v) is 2.67. The van der Waals surface area contributed by atoms with Crippen LogP contribution in [0.25, 0.3) is 0 Å². The third kappa shape index (κ3) is 4.10. The number of ether oxygens (including phenoxy) is 1. The van der Waals surface area contributed by atoms with Crippen molar-refractivity contribution in [1.29, 1.82) is 0 Å². The molecule has 1 unspecified atom stereocenters. The normalized spacial score (nSPS) is 12.0. The van der Waals surface area contributed by atoms with Crippen LogP contribution in [0.4, 0.5) is 5.69 Å². The minimum absolute atomic E-state index is 0.129. The lowest BCUT2D eigenvalue weighted by Crippen LogP contribution is -2.22. The van der Waals surface area contributed by atoms with Gasteiger partial charge in [0.15, 0.2) is 0 Å². The van der Waals surface area contributed by atoms with Crippen LogP contribution in [0.5, 0.6) is 0 Å². The Hall–Kier alpha value is -1.51. The van der Waals surface area contributed by atoms with Gasteiger partial charge in [-0.15, -0.1) is 0 Å². The molecular weight excluding hydrogens is 214 g/mol. The molecule has 1 atom stereocenters. The summed E-state index contributed by atoms with van der Waals surface area (Å²) >= 11 is 0. The standard InChI is InChI=1S/C14H21NO2/c1-5-17-14(16)12(4)9-15-13-7-6-10(2)8-11(13)3/h6-8,12,15H,5,9H2,1-4H3. The predicted octanol–water partition coefficient (Wildman–Crippen LogP) is 2.91. The zero-order chi connectivity index (χ0) is 12.8. The Bertz CT molecular complexity index is 388. The molecule has 1 N–H and O–H groups in total. The van der Waals surface area contributed by atoms with E-state index in [1.807, 2.05) is 19.9 Å². The second-order valence-corrected chi connectivity index (χ2v) is 4.35. The van der Waals surface area contributed by atoms with Crippen molar-refractivity contribution in [3.63, 3.8) is 0 Å². The van der Waals surface area contributed by atoms with Gasteiger partial charge in [0.2, 0.25) is 0 Å². The van der Waals surface area contributed by atoms with Gasteiger partial charge in [0.05, 0.1) is 12.5 Å². The van der Waals surface area contributed by atoms with E-state index in [1.165, 1.54) is 11.1 Å². The van der Waals surface area contributed by atoms with E-state index in [2.05, 4.69) is 31.3 Å². The highest BCUT2D eigenvalue weighted by atomic mass is 16.5. The van der Waals surface area contributed by atoms with Crippen LogP contribution in [0.15, 0.2) is 18.2 Å². The lowest BCUT2D eigenvalue weighted by atomic mass is 10.1. The first-order chi connectivity index (χ1) is 8.04. The zero-order valence-corrected chi connectivity index (χ0v) is 11.0. The molecule has 0 fully saturated rings. The molecule has 0 spiro atoms. The summed E-state index contributed by atoms with van der Waals surface area (Å²) in [6, 6.07) is 6.23. The van der Waals surface area contributed by atoms with Crippen LogP contribution in [-0.4, -0.2) is 19.1 Å². The van der Waals surface area contributed by atoms with Crippen LogP contribution in [0, 0.1) is 19.8 Å². The van der Waals surface area contributed by atoms with Crippen molar-refractivity contribution in [3.8, 4) is 0 Å². The maximum absolute atomic E-state index is 11.4. The SMILES string of the molecule is CCOC(=O)C(C)CNc1ccc(C)cc1C. The quantitative estimate of drug-likeness (QED) is 0.797. The van der Waals surface area contributed by atoms with Gasteiger partial charge in [0, 0.05) is 12.2 Å². The van der Waals surface area contributed by atoms with Crippen LogP contribution in [-0.2, 0) is 9.53 Å². The lowest BCUT2D eigenvalue weighted by Gasteiger charge is -2.14. The Morgan fingerprint density at radius 2 is 2.12 bits per heavy atom. The number of nitrogens with one attached hydrogen (secondary N) is 1. The highest BCUT2D eigenvalue weighted by Crippen LogP contribution is 2.16. The minimum atomic E-state index is -0.148. The number of benzene rings is 1. The molecule has 3 heteroatoms. The largest absolute Gasteiger partial charge is 0.466 e. The van der Waals surface area contributed by atoms with E-state index in [9.17, 15) is 4.79 Å². The molecule has 0 saturated carbocycles. The Balaban J connectivity index is 2.52. The number of esters is 1. The highest BCUT2D eigenvalue weighted by Gasteiger charge is 2.13. The Labute approximate surface area is 103 Å². The van der Waals surface area contributed by atoms with Crippen molar-refractivity contribution in [2.24, 2.45) is 5.92 Å². The first kappa shape index (κ1) is 13.6. The monoisotopic (exact) mass is 235 g/mol. The Kier molecular flexibility index (Phi) is 5.01. The summed E-state index contributed by atoms with van der Waals surface area (Å²) in [5, 5.41) is 3.28. The summed E-state index contributed by atoms with van der Waals surface area (Å²) in [7, 11) is 0. The molecule has 3 nitrogen and oxygen atoms in total. The van der Waals surface area contributed by atoms with Gasteiger partial charge in [-0.05, 0) is 32.4 Å². The number of rotatable bonds is 5. The summed E-state index contributed by atoms with van der Waals surface area (Å²) in [5.74, 6) is -0.277. The van der Waals surface area contributed by atoms with Gasteiger partial charge in [-0.1, -0.05) is 24.6 Å². The van der Waals surface area contributed by atoms with Gasteiger partial charge in [-0.2, -0.15) is 0 Å². The summed E-state index contributed by atoms with van der Waals surface area (Å²) in [5.41, 5.74) is 3.51. The van der Waals surface area contributed by atoms with Crippen molar-refractivity contribution < 1.29 is 9.53 Å². The van der Waals surface area contributed by atoms with E-state index in [4.69, 9.17) is 4.74 Å². The molecule has 0 aliphatic heterocycles. The van der Waals surface area contributed by atoms with Crippen molar-refractivity contribution >= 4 is 11.7 Å². The molecule has 94 valence electrons. The molecule has 0 saturated heterocycles. The van der Waals surface area contributed by atoms with E-state index in [-0.39, 0.29) is 11.9 Å². The summed E-state index contributed by atoms with van der Waals surface area (Å²) < 4.78 is 4.96. The summed E-state index contributed by atoms with van der Waals surface area (Å²) in [6.07, 6.45) is 0. The maximum Gasteiger partial charge on any atom is 0.310 e. The fourth-order valence-corrected chi connectivity index (χ4v) is 1.64. The lowest BCUT2D eigenvalue weighted by molar-refractivity contribution is -0.146. The van der Waals surface area contributed by atoms with E-state index in [0.717, 1.165) is 5.69 Å². The predicted molar refractivity (Wildman–Crippen MR) is 70.2 cm³/mol. The number of carbonyl (C=O) groups is 1. The van der Waals surface area contributed by atoms with E-state index < -0.39 is 0 Å². The fraction of sp³-hybridized carbons (Fsp3) is 0.500. The van der Waals surface area contributed by atoms with Crippen LogP contribution >= 0.6 is 0 Å². The molecular formula is C14H21NO2. The number of carbonyl (C=O) groups excluding carboxylic acids is 1. The molecule has 1 aromatic carbocycles. The second-order valence-electron chi connectivity index (χ2n) is 4.35. The average molecular weight is 235 g/mol. The molecule has 0 amide bonds. The van der Waals surface area contributed by atoms with Gasteiger partial charge in [0.1, 0.15) is 0 Å². The number of aryl methyl sites for hydroxylation is 2. The molecule has 0 radical (unpaired) electrons. The van der Waals surface area contributed by atoms with Gasteiger partial charge in [-0.25, -0.2) is 0 Å². The molecule has 0 bridgehead atoms. The van der Waals surface area contributed by atoms with E-state index >= 15 is 0 Å². The van der Waals surface area contributed by atoms with E-state index in [1.54, 1.807) is 0 Å². The molecule has 0 aliphatic carbocycles. The third-order valence-electron chi connectivity index (χ3n) is 2.67. The van der Waals surface area contributed by atoms with Crippen LogP contribution in [0.1, 0.15) is 25.0 Å². The summed E-state index contributed by atoms with van der Waals surface area (Å²) in [4.78, 5) is 11.4. The Morgan fingerprint density at radius 1 is 1.41 bits per heavy atom. The zero-order valence-electron chi connectivity index (χ0n) is 11.0. The van der Waals surface area contributed by atoms with Crippen LogP contribution < -0.4 is 5.32 Å². The number of hydrogen-bond donors (Lipinski definition) is 1. The molecule has 1 aromatic rings. The van der Waals surface area contributed by atoms with Crippen molar-refractivity contribution in [3.05, 3.63) is 29.3 Å². The second kappa shape index (κ2) is 6.28. The molecule has 0 aliphatic rings. The van der Waals surface area contributed by atoms with Gasteiger partial charge >= 0.3 is 5.97 Å². The smallest absolute Gasteiger partial charge is 0.310 e. The van der Waals surface area contributed by atoms with Crippen molar-refractivity contribution in [2.75, 3.05) is 18.5 Å². The summed E-state index contributed by atoms with van der Waals surface area (Å²) in [6.45, 7) is 8.86. The molecule has 0 heterocycles.